The van der Waals surface area contributed by atoms with Crippen LogP contribution in [0, 0.1) is 23.2 Å². The molecule has 0 N–H and O–H groups in total. The van der Waals surface area contributed by atoms with Crippen molar-refractivity contribution in [3.63, 3.8) is 0 Å². The number of rotatable bonds is 2. The molecule has 2 heteroatoms. The Kier molecular flexibility index (Phi) is 0.902. The van der Waals surface area contributed by atoms with Crippen molar-refractivity contribution in [2.75, 3.05) is 6.26 Å². The van der Waals surface area contributed by atoms with Crippen LogP contribution in [-0.4, -0.2) is 11.9 Å². The highest BCUT2D eigenvalue weighted by molar-refractivity contribution is 7.93. The first-order valence-electron chi connectivity index (χ1n) is 5.05. The SMILES string of the molecule is CSOC12CC3CC4CC(C1)C432. The molecule has 0 amide bonds. The summed E-state index contributed by atoms with van der Waals surface area (Å²) in [4.78, 5) is 0. The van der Waals surface area contributed by atoms with E-state index in [2.05, 4.69) is 6.26 Å². The summed E-state index contributed by atoms with van der Waals surface area (Å²) < 4.78 is 5.91. The Hall–Kier alpha value is 0.310. The molecule has 4 aliphatic carbocycles. The quantitative estimate of drug-likeness (QED) is 0.607. The second-order valence-electron chi connectivity index (χ2n) is 5.15. The van der Waals surface area contributed by atoms with Crippen LogP contribution in [0.5, 0.6) is 0 Å². The summed E-state index contributed by atoms with van der Waals surface area (Å²) in [5, 5.41) is 0. The van der Waals surface area contributed by atoms with E-state index in [0.717, 1.165) is 23.2 Å². The molecule has 66 valence electrons. The molecule has 0 aromatic rings. The highest BCUT2D eigenvalue weighted by Gasteiger charge is 2.88. The summed E-state index contributed by atoms with van der Waals surface area (Å²) >= 11 is 1.60. The Morgan fingerprint density at radius 2 is 1.83 bits per heavy atom. The Labute approximate surface area is 77.4 Å². The van der Waals surface area contributed by atoms with Gasteiger partial charge in [0.2, 0.25) is 0 Å². The second kappa shape index (κ2) is 1.61. The van der Waals surface area contributed by atoms with Crippen LogP contribution in [0.4, 0.5) is 0 Å². The Morgan fingerprint density at radius 3 is 2.25 bits per heavy atom. The van der Waals surface area contributed by atoms with Gasteiger partial charge in [-0.05, 0) is 55.5 Å². The summed E-state index contributed by atoms with van der Waals surface area (Å²) in [6, 6.07) is 0. The van der Waals surface area contributed by atoms with E-state index in [0.29, 0.717) is 5.60 Å². The van der Waals surface area contributed by atoms with Crippen LogP contribution >= 0.6 is 12.0 Å². The van der Waals surface area contributed by atoms with Gasteiger partial charge in [0, 0.05) is 11.7 Å². The van der Waals surface area contributed by atoms with Crippen molar-refractivity contribution < 1.29 is 4.18 Å². The molecule has 0 heterocycles. The molecule has 0 aromatic heterocycles. The molecule has 0 aromatic carbocycles. The van der Waals surface area contributed by atoms with Gasteiger partial charge in [-0.25, -0.2) is 0 Å². The van der Waals surface area contributed by atoms with Crippen LogP contribution in [0.1, 0.15) is 25.7 Å². The van der Waals surface area contributed by atoms with Crippen LogP contribution in [-0.2, 0) is 4.18 Å². The zero-order chi connectivity index (χ0) is 7.97. The molecule has 2 atom stereocenters. The van der Waals surface area contributed by atoms with Gasteiger partial charge in [0.1, 0.15) is 0 Å². The lowest BCUT2D eigenvalue weighted by Crippen LogP contribution is -2.89. The summed E-state index contributed by atoms with van der Waals surface area (Å²) in [7, 11) is 0. The molecule has 0 saturated heterocycles. The van der Waals surface area contributed by atoms with Crippen molar-refractivity contribution in [3.05, 3.63) is 0 Å². The van der Waals surface area contributed by atoms with Gasteiger partial charge in [-0.1, -0.05) is 0 Å². The first kappa shape index (κ1) is 6.72. The molecule has 1 spiro atoms. The minimum atomic E-state index is 0.392. The van der Waals surface area contributed by atoms with Crippen molar-refractivity contribution in [1.29, 1.82) is 0 Å². The molecule has 0 radical (unpaired) electrons. The first-order valence-corrected chi connectivity index (χ1v) is 6.20. The molecule has 4 rings (SSSR count). The van der Waals surface area contributed by atoms with Crippen LogP contribution in [0.15, 0.2) is 0 Å². The summed E-state index contributed by atoms with van der Waals surface area (Å²) in [5.41, 5.74) is 1.15. The maximum Gasteiger partial charge on any atom is 0.0898 e. The largest absolute Gasteiger partial charge is 0.308 e. The molecule has 1 nitrogen and oxygen atoms in total. The predicted octanol–water partition coefficient (Wildman–Crippen LogP) is 2.47. The average molecular weight is 182 g/mol. The predicted molar refractivity (Wildman–Crippen MR) is 48.7 cm³/mol. The molecule has 0 bridgehead atoms. The maximum atomic E-state index is 5.91. The Bertz CT molecular complexity index is 232. The molecular weight excluding hydrogens is 168 g/mol. The smallest absolute Gasteiger partial charge is 0.0898 e. The van der Waals surface area contributed by atoms with E-state index in [-0.39, 0.29) is 0 Å². The third-order valence-electron chi connectivity index (χ3n) is 5.35. The van der Waals surface area contributed by atoms with Crippen LogP contribution in [0.25, 0.3) is 0 Å². The second-order valence-corrected chi connectivity index (χ2v) is 5.65. The lowest BCUT2D eigenvalue weighted by Gasteiger charge is -2.89. The topological polar surface area (TPSA) is 9.23 Å². The van der Waals surface area contributed by atoms with Gasteiger partial charge >= 0.3 is 0 Å². The highest BCUT2D eigenvalue weighted by atomic mass is 32.2. The summed E-state index contributed by atoms with van der Waals surface area (Å²) in [6.07, 6.45) is 7.92. The lowest BCUT2D eigenvalue weighted by atomic mass is 9.17. The van der Waals surface area contributed by atoms with Gasteiger partial charge in [-0.3, -0.25) is 0 Å². The van der Waals surface area contributed by atoms with Gasteiger partial charge < -0.3 is 4.18 Å². The van der Waals surface area contributed by atoms with Crippen LogP contribution in [0.3, 0.4) is 0 Å². The van der Waals surface area contributed by atoms with E-state index in [1.165, 1.54) is 25.7 Å². The zero-order valence-electron chi connectivity index (χ0n) is 7.38. The molecule has 4 aliphatic rings. The standard InChI is InChI=1S/C10H14OS/c1-12-11-9-4-7-2-6-3-8(5-9)10(6,7)9/h6-8H,2-5H2,1H3. The average Bonchev–Trinajstić information content (AvgIpc) is 1.90. The minimum Gasteiger partial charge on any atom is -0.308 e. The Balaban J connectivity index is 1.70. The normalized spacial score (nSPS) is 69.2. The van der Waals surface area contributed by atoms with E-state index in [4.69, 9.17) is 4.18 Å². The van der Waals surface area contributed by atoms with Crippen molar-refractivity contribution in [2.45, 2.75) is 31.3 Å². The van der Waals surface area contributed by atoms with Gasteiger partial charge in [0.05, 0.1) is 5.60 Å². The van der Waals surface area contributed by atoms with E-state index in [9.17, 15) is 0 Å². The van der Waals surface area contributed by atoms with Crippen molar-refractivity contribution >= 4 is 12.0 Å². The van der Waals surface area contributed by atoms with Gasteiger partial charge in [0.15, 0.2) is 0 Å². The van der Waals surface area contributed by atoms with E-state index in [1.807, 2.05) is 0 Å². The molecule has 12 heavy (non-hydrogen) atoms. The van der Waals surface area contributed by atoms with E-state index >= 15 is 0 Å². The first-order chi connectivity index (χ1) is 5.83. The van der Waals surface area contributed by atoms with Crippen molar-refractivity contribution in [2.24, 2.45) is 23.2 Å². The summed E-state index contributed by atoms with van der Waals surface area (Å²) in [5.74, 6) is 3.26. The third kappa shape index (κ3) is 0.368. The third-order valence-corrected chi connectivity index (χ3v) is 5.83. The fourth-order valence-corrected chi connectivity index (χ4v) is 5.73. The maximum absolute atomic E-state index is 5.91. The molecular formula is C10H14OS. The molecule has 4 saturated carbocycles. The van der Waals surface area contributed by atoms with Crippen LogP contribution in [0.2, 0.25) is 0 Å². The van der Waals surface area contributed by atoms with E-state index in [1.54, 1.807) is 12.0 Å². The minimum absolute atomic E-state index is 0.392. The summed E-state index contributed by atoms with van der Waals surface area (Å²) in [6.45, 7) is 0. The fourth-order valence-electron chi connectivity index (χ4n) is 5.13. The van der Waals surface area contributed by atoms with Gasteiger partial charge in [-0.15, -0.1) is 0 Å². The monoisotopic (exact) mass is 182 g/mol. The molecule has 0 aliphatic heterocycles. The Morgan fingerprint density at radius 1 is 1.17 bits per heavy atom. The van der Waals surface area contributed by atoms with Crippen LogP contribution < -0.4 is 0 Å². The fraction of sp³-hybridized carbons (Fsp3) is 1.00. The number of hydrogen-bond acceptors (Lipinski definition) is 2. The number of hydrogen-bond donors (Lipinski definition) is 0. The van der Waals surface area contributed by atoms with Crippen molar-refractivity contribution in [1.82, 2.24) is 0 Å². The molecule has 4 fully saturated rings. The lowest BCUT2D eigenvalue weighted by molar-refractivity contribution is -0.438. The van der Waals surface area contributed by atoms with E-state index < -0.39 is 0 Å². The van der Waals surface area contributed by atoms with Gasteiger partial charge in [0.25, 0.3) is 0 Å². The zero-order valence-corrected chi connectivity index (χ0v) is 8.19. The van der Waals surface area contributed by atoms with Crippen molar-refractivity contribution in [3.8, 4) is 0 Å². The van der Waals surface area contributed by atoms with Gasteiger partial charge in [-0.2, -0.15) is 0 Å². The molecule has 2 unspecified atom stereocenters. The highest BCUT2D eigenvalue weighted by Crippen LogP contribution is 2.90.